The molecule has 0 aliphatic heterocycles. The second kappa shape index (κ2) is 4.93. The van der Waals surface area contributed by atoms with Crippen LogP contribution in [0.15, 0.2) is 29.6 Å². The van der Waals surface area contributed by atoms with Gasteiger partial charge < -0.3 is 5.32 Å². The third-order valence-electron chi connectivity index (χ3n) is 3.50. The van der Waals surface area contributed by atoms with E-state index in [1.807, 2.05) is 17.5 Å². The molecule has 1 atom stereocenters. The van der Waals surface area contributed by atoms with Crippen LogP contribution < -0.4 is 5.32 Å². The number of thiophene rings is 1. The van der Waals surface area contributed by atoms with Gasteiger partial charge in [0.2, 0.25) is 0 Å². The molecule has 0 spiro atoms. The molecule has 1 unspecified atom stereocenters. The van der Waals surface area contributed by atoms with Gasteiger partial charge in [0.05, 0.1) is 11.7 Å². The molecule has 1 saturated carbocycles. The molecule has 1 aliphatic carbocycles. The second-order valence-electron chi connectivity index (χ2n) is 5.06. The first-order chi connectivity index (χ1) is 9.15. The molecule has 0 saturated heterocycles. The van der Waals surface area contributed by atoms with Gasteiger partial charge in [-0.3, -0.25) is 0 Å². The van der Waals surface area contributed by atoms with E-state index in [0.29, 0.717) is 11.5 Å². The highest BCUT2D eigenvalue weighted by Crippen LogP contribution is 2.44. The summed E-state index contributed by atoms with van der Waals surface area (Å²) in [4.78, 5) is 1.18. The molecule has 0 bridgehead atoms. The van der Waals surface area contributed by atoms with Crippen molar-refractivity contribution in [3.05, 3.63) is 51.7 Å². The summed E-state index contributed by atoms with van der Waals surface area (Å²) < 4.78 is 27.5. The summed E-state index contributed by atoms with van der Waals surface area (Å²) >= 11 is 1.65. The quantitative estimate of drug-likeness (QED) is 0.839. The average molecular weight is 279 g/mol. The van der Waals surface area contributed by atoms with Gasteiger partial charge in [-0.25, -0.2) is 8.78 Å². The molecule has 0 radical (unpaired) electrons. The molecule has 19 heavy (non-hydrogen) atoms. The molecule has 1 aromatic carbocycles. The molecule has 2 aromatic rings. The van der Waals surface area contributed by atoms with E-state index in [1.54, 1.807) is 18.3 Å². The standard InChI is InChI=1S/C15H15F2NS/c1-9-7-12(17)13(8-11(9)16)18-15(10-4-5-10)14-3-2-6-19-14/h2-3,6-8,10,15,18H,4-5H2,1H3. The molecule has 1 fully saturated rings. The molecule has 1 nitrogen and oxygen atoms in total. The molecule has 4 heteroatoms. The Morgan fingerprint density at radius 2 is 2.05 bits per heavy atom. The van der Waals surface area contributed by atoms with E-state index in [2.05, 4.69) is 5.32 Å². The molecule has 3 rings (SSSR count). The lowest BCUT2D eigenvalue weighted by atomic mass is 10.1. The molecule has 100 valence electrons. The van der Waals surface area contributed by atoms with Crippen LogP contribution in [0.1, 0.15) is 29.3 Å². The number of anilines is 1. The highest BCUT2D eigenvalue weighted by atomic mass is 32.1. The minimum atomic E-state index is -0.388. The normalized spacial score (nSPS) is 16.4. The summed E-state index contributed by atoms with van der Waals surface area (Å²) in [7, 11) is 0. The maximum absolute atomic E-state index is 13.9. The van der Waals surface area contributed by atoms with Crippen LogP contribution >= 0.6 is 11.3 Å². The van der Waals surface area contributed by atoms with Gasteiger partial charge in [0.15, 0.2) is 0 Å². The monoisotopic (exact) mass is 279 g/mol. The summed E-state index contributed by atoms with van der Waals surface area (Å²) in [6, 6.07) is 6.63. The first-order valence-electron chi connectivity index (χ1n) is 6.41. The van der Waals surface area contributed by atoms with Crippen LogP contribution in [0.5, 0.6) is 0 Å². The van der Waals surface area contributed by atoms with Gasteiger partial charge in [-0.1, -0.05) is 6.07 Å². The number of nitrogens with one attached hydrogen (secondary N) is 1. The van der Waals surface area contributed by atoms with E-state index < -0.39 is 0 Å². The Morgan fingerprint density at radius 1 is 1.26 bits per heavy atom. The van der Waals surface area contributed by atoms with Gasteiger partial charge in [-0.2, -0.15) is 0 Å². The van der Waals surface area contributed by atoms with Crippen molar-refractivity contribution in [1.82, 2.24) is 0 Å². The van der Waals surface area contributed by atoms with E-state index in [4.69, 9.17) is 0 Å². The lowest BCUT2D eigenvalue weighted by Gasteiger charge is -2.19. The van der Waals surface area contributed by atoms with Crippen LogP contribution in [0.4, 0.5) is 14.5 Å². The van der Waals surface area contributed by atoms with Gasteiger partial charge in [-0.15, -0.1) is 11.3 Å². The Morgan fingerprint density at radius 3 is 2.68 bits per heavy atom. The van der Waals surface area contributed by atoms with Crippen LogP contribution in [0.25, 0.3) is 0 Å². The van der Waals surface area contributed by atoms with Crippen LogP contribution in [-0.4, -0.2) is 0 Å². The van der Waals surface area contributed by atoms with E-state index >= 15 is 0 Å². The van der Waals surface area contributed by atoms with Gasteiger partial charge >= 0.3 is 0 Å². The Labute approximate surface area is 115 Å². The predicted molar refractivity (Wildman–Crippen MR) is 74.5 cm³/mol. The molecule has 1 aromatic heterocycles. The van der Waals surface area contributed by atoms with Crippen molar-refractivity contribution in [1.29, 1.82) is 0 Å². The number of hydrogen-bond donors (Lipinski definition) is 1. The number of aryl methyl sites for hydroxylation is 1. The lowest BCUT2D eigenvalue weighted by Crippen LogP contribution is -2.13. The third-order valence-corrected chi connectivity index (χ3v) is 4.46. The fraction of sp³-hybridized carbons (Fsp3) is 0.333. The fourth-order valence-electron chi connectivity index (χ4n) is 2.24. The topological polar surface area (TPSA) is 12.0 Å². The Balaban J connectivity index is 1.88. The number of benzene rings is 1. The summed E-state index contributed by atoms with van der Waals surface area (Å²) in [5.74, 6) is -0.229. The first kappa shape index (κ1) is 12.6. The van der Waals surface area contributed by atoms with E-state index in [9.17, 15) is 8.78 Å². The number of rotatable bonds is 4. The van der Waals surface area contributed by atoms with Crippen LogP contribution in [0, 0.1) is 24.5 Å². The second-order valence-corrected chi connectivity index (χ2v) is 6.04. The van der Waals surface area contributed by atoms with Crippen LogP contribution in [-0.2, 0) is 0 Å². The molecular weight excluding hydrogens is 264 g/mol. The minimum Gasteiger partial charge on any atom is -0.375 e. The largest absolute Gasteiger partial charge is 0.375 e. The highest BCUT2D eigenvalue weighted by molar-refractivity contribution is 7.10. The smallest absolute Gasteiger partial charge is 0.146 e. The van der Waals surface area contributed by atoms with Crippen LogP contribution in [0.2, 0.25) is 0 Å². The zero-order valence-corrected chi connectivity index (χ0v) is 11.4. The van der Waals surface area contributed by atoms with Gasteiger partial charge in [0.25, 0.3) is 0 Å². The Kier molecular flexibility index (Phi) is 3.27. The summed E-state index contributed by atoms with van der Waals surface area (Å²) in [6.45, 7) is 1.57. The van der Waals surface area contributed by atoms with E-state index in [1.165, 1.54) is 17.0 Å². The summed E-state index contributed by atoms with van der Waals surface area (Å²) in [5.41, 5.74) is 0.593. The molecular formula is C15H15F2NS. The van der Waals surface area contributed by atoms with Gasteiger partial charge in [0, 0.05) is 10.9 Å². The van der Waals surface area contributed by atoms with Crippen molar-refractivity contribution < 1.29 is 8.78 Å². The molecule has 1 N–H and O–H groups in total. The van der Waals surface area contributed by atoms with Gasteiger partial charge in [0.1, 0.15) is 11.6 Å². The predicted octanol–water partition coefficient (Wildman–Crippen LogP) is 4.90. The van der Waals surface area contributed by atoms with Crippen molar-refractivity contribution in [2.24, 2.45) is 5.92 Å². The summed E-state index contributed by atoms with van der Waals surface area (Å²) in [6.07, 6.45) is 2.29. The van der Waals surface area contributed by atoms with E-state index in [-0.39, 0.29) is 23.4 Å². The van der Waals surface area contributed by atoms with Crippen molar-refractivity contribution in [2.75, 3.05) is 5.32 Å². The zero-order chi connectivity index (χ0) is 13.4. The highest BCUT2D eigenvalue weighted by Gasteiger charge is 2.33. The lowest BCUT2D eigenvalue weighted by molar-refractivity contribution is 0.588. The summed E-state index contributed by atoms with van der Waals surface area (Å²) in [5, 5.41) is 5.19. The molecule has 1 aliphatic rings. The molecule has 1 heterocycles. The third kappa shape index (κ3) is 2.63. The average Bonchev–Trinajstić information content (AvgIpc) is 3.07. The maximum Gasteiger partial charge on any atom is 0.146 e. The minimum absolute atomic E-state index is 0.0941. The van der Waals surface area contributed by atoms with Crippen molar-refractivity contribution in [3.63, 3.8) is 0 Å². The Hall–Kier alpha value is -1.42. The maximum atomic E-state index is 13.9. The first-order valence-corrected chi connectivity index (χ1v) is 7.28. The number of hydrogen-bond acceptors (Lipinski definition) is 2. The van der Waals surface area contributed by atoms with Crippen molar-refractivity contribution in [3.8, 4) is 0 Å². The number of halogens is 2. The van der Waals surface area contributed by atoms with Gasteiger partial charge in [-0.05, 0) is 48.8 Å². The van der Waals surface area contributed by atoms with Crippen molar-refractivity contribution in [2.45, 2.75) is 25.8 Å². The van der Waals surface area contributed by atoms with Crippen LogP contribution in [0.3, 0.4) is 0 Å². The fourth-order valence-corrected chi connectivity index (χ4v) is 3.11. The zero-order valence-electron chi connectivity index (χ0n) is 10.6. The molecule has 0 amide bonds. The van der Waals surface area contributed by atoms with Crippen molar-refractivity contribution >= 4 is 17.0 Å². The Bertz CT molecular complexity index is 576. The van der Waals surface area contributed by atoms with E-state index in [0.717, 1.165) is 12.8 Å². The SMILES string of the molecule is Cc1cc(F)c(NC(c2cccs2)C2CC2)cc1F.